The summed E-state index contributed by atoms with van der Waals surface area (Å²) in [5.74, 6) is 1.83. The normalized spacial score (nSPS) is 15.4. The molecule has 0 aromatic carbocycles. The second-order valence-corrected chi connectivity index (χ2v) is 5.54. The molecule has 0 aliphatic heterocycles. The predicted molar refractivity (Wildman–Crippen MR) is 84.2 cm³/mol. The van der Waals surface area contributed by atoms with Crippen LogP contribution in [0.4, 0.5) is 11.5 Å². The second kappa shape index (κ2) is 7.72. The molecule has 5 nitrogen and oxygen atoms in total. The first-order valence-corrected chi connectivity index (χ1v) is 7.82. The molecule has 0 unspecified atom stereocenters. The lowest BCUT2D eigenvalue weighted by molar-refractivity contribution is 0.326. The summed E-state index contributed by atoms with van der Waals surface area (Å²) in [6.45, 7) is 3.21. The van der Waals surface area contributed by atoms with E-state index in [2.05, 4.69) is 10.3 Å². The first-order valence-electron chi connectivity index (χ1n) is 7.82. The van der Waals surface area contributed by atoms with Crippen LogP contribution in [0.5, 0.6) is 5.88 Å². The predicted octanol–water partition coefficient (Wildman–Crippen LogP) is 3.32. The van der Waals surface area contributed by atoms with Crippen molar-refractivity contribution in [1.82, 2.24) is 4.98 Å². The Morgan fingerprint density at radius 1 is 1.43 bits per heavy atom. The van der Waals surface area contributed by atoms with Crippen LogP contribution in [0.2, 0.25) is 0 Å². The third-order valence-corrected chi connectivity index (χ3v) is 3.99. The van der Waals surface area contributed by atoms with Crippen LogP contribution in [0.3, 0.4) is 0 Å². The summed E-state index contributed by atoms with van der Waals surface area (Å²) in [4.78, 5) is 4.34. The molecule has 5 heteroatoms. The zero-order chi connectivity index (χ0) is 15.1. The van der Waals surface area contributed by atoms with Crippen LogP contribution in [0, 0.1) is 17.2 Å². The van der Waals surface area contributed by atoms with E-state index in [1.165, 1.54) is 32.1 Å². The topological polar surface area (TPSA) is 84.0 Å². The lowest BCUT2D eigenvalue weighted by Crippen LogP contribution is -2.13. The van der Waals surface area contributed by atoms with Gasteiger partial charge in [-0.25, -0.2) is 0 Å². The number of hydrogen-bond acceptors (Lipinski definition) is 5. The van der Waals surface area contributed by atoms with Crippen molar-refractivity contribution in [3.05, 3.63) is 11.6 Å². The van der Waals surface area contributed by atoms with Crippen molar-refractivity contribution in [3.8, 4) is 11.9 Å². The second-order valence-electron chi connectivity index (χ2n) is 5.54. The van der Waals surface area contributed by atoms with Gasteiger partial charge in [0.1, 0.15) is 17.5 Å². The molecule has 0 bridgehead atoms. The minimum absolute atomic E-state index is 0.315. The van der Waals surface area contributed by atoms with Gasteiger partial charge in [-0.05, 0) is 19.3 Å². The molecule has 1 fully saturated rings. The van der Waals surface area contributed by atoms with Gasteiger partial charge in [-0.3, -0.25) is 0 Å². The quantitative estimate of drug-likeness (QED) is 0.839. The Bertz CT molecular complexity index is 504. The van der Waals surface area contributed by atoms with Crippen molar-refractivity contribution in [1.29, 1.82) is 5.26 Å². The van der Waals surface area contributed by atoms with Gasteiger partial charge >= 0.3 is 0 Å². The molecule has 0 saturated heterocycles. The monoisotopic (exact) mass is 288 g/mol. The highest BCUT2D eigenvalue weighted by Gasteiger charge is 2.14. The van der Waals surface area contributed by atoms with E-state index in [-0.39, 0.29) is 0 Å². The fraction of sp³-hybridized carbons (Fsp3) is 0.625. The zero-order valence-corrected chi connectivity index (χ0v) is 12.7. The molecular weight excluding hydrogens is 264 g/mol. The molecular formula is C16H24N4O. The van der Waals surface area contributed by atoms with Gasteiger partial charge in [-0.15, -0.1) is 0 Å². The lowest BCUT2D eigenvalue weighted by atomic mass is 9.87. The van der Waals surface area contributed by atoms with Gasteiger partial charge in [0.2, 0.25) is 5.88 Å². The molecule has 0 spiro atoms. The number of rotatable bonds is 6. The molecule has 1 aromatic heterocycles. The number of nitrogen functional groups attached to an aromatic ring is 1. The van der Waals surface area contributed by atoms with Gasteiger partial charge < -0.3 is 15.8 Å². The molecule has 1 aliphatic carbocycles. The molecule has 1 saturated carbocycles. The van der Waals surface area contributed by atoms with Gasteiger partial charge in [0.15, 0.2) is 0 Å². The van der Waals surface area contributed by atoms with Gasteiger partial charge in [0.25, 0.3) is 0 Å². The summed E-state index contributed by atoms with van der Waals surface area (Å²) < 4.78 is 5.39. The number of nitrogens with zero attached hydrogens (tertiary/aromatic N) is 2. The third kappa shape index (κ3) is 4.25. The van der Waals surface area contributed by atoms with E-state index in [0.717, 1.165) is 18.9 Å². The Balaban J connectivity index is 1.94. The van der Waals surface area contributed by atoms with Crippen LogP contribution in [0.25, 0.3) is 0 Å². The van der Waals surface area contributed by atoms with E-state index in [4.69, 9.17) is 15.7 Å². The Hall–Kier alpha value is -1.96. The van der Waals surface area contributed by atoms with Crippen molar-refractivity contribution >= 4 is 11.5 Å². The third-order valence-electron chi connectivity index (χ3n) is 3.99. The molecule has 114 valence electrons. The zero-order valence-electron chi connectivity index (χ0n) is 12.7. The SMILES string of the molecule is CCOc1nc(NCCC2CCCCC2)cc(N)c1C#N. The fourth-order valence-electron chi connectivity index (χ4n) is 2.86. The average Bonchev–Trinajstić information content (AvgIpc) is 2.48. The molecule has 21 heavy (non-hydrogen) atoms. The Morgan fingerprint density at radius 3 is 2.86 bits per heavy atom. The molecule has 3 N–H and O–H groups in total. The number of nitriles is 1. The summed E-state index contributed by atoms with van der Waals surface area (Å²) in [6, 6.07) is 3.75. The highest BCUT2D eigenvalue weighted by atomic mass is 16.5. The van der Waals surface area contributed by atoms with Crippen LogP contribution >= 0.6 is 0 Å². The number of aromatic nitrogens is 1. The number of hydrogen-bond donors (Lipinski definition) is 2. The van der Waals surface area contributed by atoms with Crippen molar-refractivity contribution in [2.24, 2.45) is 5.92 Å². The van der Waals surface area contributed by atoms with Gasteiger partial charge in [0, 0.05) is 12.6 Å². The summed E-state index contributed by atoms with van der Waals surface area (Å²) in [5, 5.41) is 12.4. The van der Waals surface area contributed by atoms with E-state index in [0.29, 0.717) is 29.6 Å². The number of pyridine rings is 1. The van der Waals surface area contributed by atoms with Crippen LogP contribution in [0.15, 0.2) is 6.07 Å². The van der Waals surface area contributed by atoms with Crippen molar-refractivity contribution < 1.29 is 4.74 Å². The van der Waals surface area contributed by atoms with Gasteiger partial charge in [0.05, 0.1) is 12.3 Å². The number of ether oxygens (including phenoxy) is 1. The largest absolute Gasteiger partial charge is 0.477 e. The highest BCUT2D eigenvalue weighted by molar-refractivity contribution is 5.64. The molecule has 0 amide bonds. The van der Waals surface area contributed by atoms with Crippen LogP contribution in [-0.2, 0) is 0 Å². The van der Waals surface area contributed by atoms with Crippen molar-refractivity contribution in [2.45, 2.75) is 45.4 Å². The van der Waals surface area contributed by atoms with Crippen LogP contribution in [0.1, 0.15) is 51.0 Å². The summed E-state index contributed by atoms with van der Waals surface area (Å²) in [6.07, 6.45) is 7.95. The lowest BCUT2D eigenvalue weighted by Gasteiger charge is -2.21. The van der Waals surface area contributed by atoms with E-state index < -0.39 is 0 Å². The molecule has 0 atom stereocenters. The molecule has 1 heterocycles. The fourth-order valence-corrected chi connectivity index (χ4v) is 2.86. The maximum atomic E-state index is 9.09. The Morgan fingerprint density at radius 2 is 2.19 bits per heavy atom. The number of nitrogens with two attached hydrogens (primary N) is 1. The molecule has 1 aromatic rings. The highest BCUT2D eigenvalue weighted by Crippen LogP contribution is 2.27. The van der Waals surface area contributed by atoms with Gasteiger partial charge in [-0.2, -0.15) is 10.2 Å². The maximum absolute atomic E-state index is 9.09. The first kappa shape index (κ1) is 15.4. The smallest absolute Gasteiger partial charge is 0.235 e. The first-order chi connectivity index (χ1) is 10.2. The standard InChI is InChI=1S/C16H24N4O/c1-2-21-16-13(11-17)14(18)10-15(20-16)19-9-8-12-6-4-3-5-7-12/h10,12H,2-9H2,1H3,(H3,18,19,20). The van der Waals surface area contributed by atoms with Crippen LogP contribution in [-0.4, -0.2) is 18.1 Å². The van der Waals surface area contributed by atoms with Gasteiger partial charge in [-0.1, -0.05) is 32.1 Å². The minimum atomic E-state index is 0.315. The average molecular weight is 288 g/mol. The summed E-state index contributed by atoms with van der Waals surface area (Å²) in [5.41, 5.74) is 6.62. The molecule has 0 radical (unpaired) electrons. The van der Waals surface area contributed by atoms with E-state index in [1.807, 2.05) is 13.0 Å². The summed E-state index contributed by atoms with van der Waals surface area (Å²) >= 11 is 0. The van der Waals surface area contributed by atoms with E-state index in [1.54, 1.807) is 6.07 Å². The van der Waals surface area contributed by atoms with Crippen LogP contribution < -0.4 is 15.8 Å². The summed E-state index contributed by atoms with van der Waals surface area (Å²) in [7, 11) is 0. The Kier molecular flexibility index (Phi) is 5.68. The Labute approximate surface area is 126 Å². The number of nitrogens with one attached hydrogen (secondary N) is 1. The maximum Gasteiger partial charge on any atom is 0.235 e. The van der Waals surface area contributed by atoms with E-state index in [9.17, 15) is 0 Å². The minimum Gasteiger partial charge on any atom is -0.477 e. The molecule has 2 rings (SSSR count). The number of anilines is 2. The van der Waals surface area contributed by atoms with Crippen molar-refractivity contribution in [2.75, 3.05) is 24.2 Å². The van der Waals surface area contributed by atoms with Crippen molar-refractivity contribution in [3.63, 3.8) is 0 Å². The molecule has 1 aliphatic rings. The van der Waals surface area contributed by atoms with E-state index >= 15 is 0 Å².